The van der Waals surface area contributed by atoms with Crippen molar-refractivity contribution in [1.29, 1.82) is 0 Å². The minimum Gasteiger partial charge on any atom is -0.383 e. The molecule has 0 saturated carbocycles. The van der Waals surface area contributed by atoms with Crippen LogP contribution < -0.4 is 5.32 Å². The zero-order valence-electron chi connectivity index (χ0n) is 11.3. The minimum atomic E-state index is 0.415. The van der Waals surface area contributed by atoms with Crippen LogP contribution in [-0.2, 0) is 7.05 Å². The van der Waals surface area contributed by atoms with Gasteiger partial charge in [0.25, 0.3) is 0 Å². The second kappa shape index (κ2) is 4.42. The van der Waals surface area contributed by atoms with Crippen LogP contribution in [0.4, 0.5) is 5.69 Å². The molecule has 0 bridgehead atoms. The van der Waals surface area contributed by atoms with Gasteiger partial charge in [0.15, 0.2) is 0 Å². The number of fused-ring (bicyclic) bond motifs is 1. The van der Waals surface area contributed by atoms with Gasteiger partial charge in [-0.15, -0.1) is 0 Å². The summed E-state index contributed by atoms with van der Waals surface area (Å²) in [7, 11) is 1.91. The van der Waals surface area contributed by atoms with Crippen LogP contribution in [0.3, 0.4) is 0 Å². The van der Waals surface area contributed by atoms with E-state index >= 15 is 0 Å². The van der Waals surface area contributed by atoms with E-state index in [9.17, 15) is 0 Å². The van der Waals surface area contributed by atoms with Crippen molar-refractivity contribution in [2.75, 3.05) is 5.32 Å². The molecule has 0 fully saturated rings. The molecule has 0 aliphatic carbocycles. The van der Waals surface area contributed by atoms with Gasteiger partial charge < -0.3 is 5.32 Å². The molecule has 0 saturated heterocycles. The predicted molar refractivity (Wildman–Crippen MR) is 77.1 cm³/mol. The van der Waals surface area contributed by atoms with Gasteiger partial charge in [-0.2, -0.15) is 10.2 Å². The average Bonchev–Trinajstić information content (AvgIpc) is 2.93. The van der Waals surface area contributed by atoms with Gasteiger partial charge in [0.05, 0.1) is 11.7 Å². The summed E-state index contributed by atoms with van der Waals surface area (Å²) in [6.45, 7) is 4.25. The average molecular weight is 255 g/mol. The number of aryl methyl sites for hydroxylation is 1. The first-order chi connectivity index (χ1) is 9.13. The van der Waals surface area contributed by atoms with E-state index < -0.39 is 0 Å². The second-order valence-corrected chi connectivity index (χ2v) is 5.03. The summed E-state index contributed by atoms with van der Waals surface area (Å²) in [6.07, 6.45) is 3.80. The number of hydrogen-bond acceptors (Lipinski definition) is 3. The Hall–Kier alpha value is -2.30. The molecular formula is C14H17N5. The van der Waals surface area contributed by atoms with Crippen molar-refractivity contribution < 1.29 is 0 Å². The smallest absolute Gasteiger partial charge is 0.103 e. The number of hydrogen-bond donors (Lipinski definition) is 2. The highest BCUT2D eigenvalue weighted by Crippen LogP contribution is 2.27. The van der Waals surface area contributed by atoms with Gasteiger partial charge >= 0.3 is 0 Å². The fraction of sp³-hybridized carbons (Fsp3) is 0.286. The molecule has 3 aromatic rings. The van der Waals surface area contributed by atoms with E-state index in [2.05, 4.69) is 52.7 Å². The summed E-state index contributed by atoms with van der Waals surface area (Å²) in [5, 5.41) is 16.2. The van der Waals surface area contributed by atoms with Crippen molar-refractivity contribution in [3.63, 3.8) is 0 Å². The molecule has 2 N–H and O–H groups in total. The largest absolute Gasteiger partial charge is 0.383 e. The maximum absolute atomic E-state index is 4.39. The maximum Gasteiger partial charge on any atom is 0.103 e. The Bertz CT molecular complexity index is 708. The fourth-order valence-electron chi connectivity index (χ4n) is 2.21. The Kier molecular flexibility index (Phi) is 2.74. The van der Waals surface area contributed by atoms with E-state index in [1.54, 1.807) is 4.68 Å². The maximum atomic E-state index is 4.39. The van der Waals surface area contributed by atoms with Crippen molar-refractivity contribution in [2.24, 2.45) is 7.05 Å². The summed E-state index contributed by atoms with van der Waals surface area (Å²) in [4.78, 5) is 0. The molecular weight excluding hydrogens is 238 g/mol. The Balaban J connectivity index is 2.04. The Morgan fingerprint density at radius 1 is 1.32 bits per heavy atom. The van der Waals surface area contributed by atoms with Crippen molar-refractivity contribution in [1.82, 2.24) is 20.0 Å². The van der Waals surface area contributed by atoms with Crippen molar-refractivity contribution in [3.05, 3.63) is 30.6 Å². The lowest BCUT2D eigenvalue weighted by molar-refractivity contribution is 0.768. The molecule has 2 aromatic heterocycles. The van der Waals surface area contributed by atoms with Gasteiger partial charge in [-0.1, -0.05) is 0 Å². The monoisotopic (exact) mass is 255 g/mol. The van der Waals surface area contributed by atoms with Crippen molar-refractivity contribution in [2.45, 2.75) is 19.9 Å². The predicted octanol–water partition coefficient (Wildman–Crippen LogP) is 2.78. The van der Waals surface area contributed by atoms with E-state index in [0.29, 0.717) is 6.04 Å². The third kappa shape index (κ3) is 2.19. The van der Waals surface area contributed by atoms with E-state index in [0.717, 1.165) is 27.8 Å². The number of H-pyrrole nitrogens is 1. The number of benzene rings is 1. The molecule has 0 aliphatic heterocycles. The number of aromatic amines is 1. The molecule has 1 aromatic carbocycles. The van der Waals surface area contributed by atoms with E-state index in [1.807, 2.05) is 19.4 Å². The fourth-order valence-corrected chi connectivity index (χ4v) is 2.21. The minimum absolute atomic E-state index is 0.415. The summed E-state index contributed by atoms with van der Waals surface area (Å²) in [5.41, 5.74) is 4.10. The zero-order chi connectivity index (χ0) is 13.4. The molecule has 0 amide bonds. The molecule has 5 nitrogen and oxygen atoms in total. The zero-order valence-corrected chi connectivity index (χ0v) is 11.3. The molecule has 0 aliphatic rings. The lowest BCUT2D eigenvalue weighted by atomic mass is 10.1. The van der Waals surface area contributed by atoms with Crippen LogP contribution in [0.5, 0.6) is 0 Å². The molecule has 0 radical (unpaired) electrons. The first-order valence-electron chi connectivity index (χ1n) is 6.37. The normalized spacial score (nSPS) is 11.4. The third-order valence-corrected chi connectivity index (χ3v) is 3.00. The number of nitrogens with one attached hydrogen (secondary N) is 2. The topological polar surface area (TPSA) is 58.5 Å². The van der Waals surface area contributed by atoms with Crippen LogP contribution in [0.25, 0.3) is 22.2 Å². The third-order valence-electron chi connectivity index (χ3n) is 3.00. The van der Waals surface area contributed by atoms with Crippen LogP contribution in [0, 0.1) is 0 Å². The van der Waals surface area contributed by atoms with Crippen LogP contribution in [0.1, 0.15) is 13.8 Å². The quantitative estimate of drug-likeness (QED) is 0.756. The lowest BCUT2D eigenvalue weighted by Crippen LogP contribution is -2.09. The highest BCUT2D eigenvalue weighted by atomic mass is 15.2. The SMILES string of the molecule is CC(C)Nc1ccc2c(-c3cnn(C)c3)n[nH]c2c1. The molecule has 0 unspecified atom stereocenters. The number of anilines is 1. The van der Waals surface area contributed by atoms with Gasteiger partial charge in [0.2, 0.25) is 0 Å². The highest BCUT2D eigenvalue weighted by Gasteiger charge is 2.10. The van der Waals surface area contributed by atoms with Gasteiger partial charge in [-0.05, 0) is 32.0 Å². The van der Waals surface area contributed by atoms with Crippen LogP contribution in [0.2, 0.25) is 0 Å². The van der Waals surface area contributed by atoms with Gasteiger partial charge in [-0.25, -0.2) is 0 Å². The summed E-state index contributed by atoms with van der Waals surface area (Å²) >= 11 is 0. The number of aromatic nitrogens is 4. The van der Waals surface area contributed by atoms with Gasteiger partial charge in [0, 0.05) is 35.9 Å². The first kappa shape index (κ1) is 11.8. The van der Waals surface area contributed by atoms with Gasteiger partial charge in [-0.3, -0.25) is 9.78 Å². The Morgan fingerprint density at radius 2 is 2.16 bits per heavy atom. The van der Waals surface area contributed by atoms with Crippen molar-refractivity contribution >= 4 is 16.6 Å². The Morgan fingerprint density at radius 3 is 2.84 bits per heavy atom. The van der Waals surface area contributed by atoms with E-state index in [4.69, 9.17) is 0 Å². The van der Waals surface area contributed by atoms with Crippen LogP contribution in [-0.4, -0.2) is 26.0 Å². The molecule has 3 rings (SSSR count). The molecule has 0 atom stereocenters. The molecule has 0 spiro atoms. The number of nitrogens with zero attached hydrogens (tertiary/aromatic N) is 3. The van der Waals surface area contributed by atoms with Crippen LogP contribution >= 0.6 is 0 Å². The summed E-state index contributed by atoms with van der Waals surface area (Å²) in [5.74, 6) is 0. The number of rotatable bonds is 3. The molecule has 19 heavy (non-hydrogen) atoms. The Labute approximate surface area is 111 Å². The van der Waals surface area contributed by atoms with Crippen LogP contribution in [0.15, 0.2) is 30.6 Å². The molecule has 98 valence electrons. The van der Waals surface area contributed by atoms with E-state index in [-0.39, 0.29) is 0 Å². The second-order valence-electron chi connectivity index (χ2n) is 5.03. The van der Waals surface area contributed by atoms with Gasteiger partial charge in [0.1, 0.15) is 5.69 Å². The summed E-state index contributed by atoms with van der Waals surface area (Å²) < 4.78 is 1.78. The van der Waals surface area contributed by atoms with Crippen molar-refractivity contribution in [3.8, 4) is 11.3 Å². The molecule has 5 heteroatoms. The van der Waals surface area contributed by atoms with E-state index in [1.165, 1.54) is 0 Å². The first-order valence-corrected chi connectivity index (χ1v) is 6.37. The standard InChI is InChI=1S/C14H17N5/c1-9(2)16-11-4-5-12-13(6-11)17-18-14(12)10-7-15-19(3)8-10/h4-9,16H,1-3H3,(H,17,18). The highest BCUT2D eigenvalue weighted by molar-refractivity contribution is 5.94. The molecule has 2 heterocycles. The summed E-state index contributed by atoms with van der Waals surface area (Å²) in [6, 6.07) is 6.67. The lowest BCUT2D eigenvalue weighted by Gasteiger charge is -2.09.